The first-order valence-corrected chi connectivity index (χ1v) is 6.51. The number of primary amides is 1. The summed E-state index contributed by atoms with van der Waals surface area (Å²) in [5.41, 5.74) is 10.3. The number of rotatable bonds is 5. The normalized spacial score (nSPS) is 11.5. The summed E-state index contributed by atoms with van der Waals surface area (Å²) in [4.78, 5) is 12.5. The van der Waals surface area contributed by atoms with E-state index in [0.29, 0.717) is 5.69 Å². The summed E-state index contributed by atoms with van der Waals surface area (Å²) in [7, 11) is 0. The zero-order valence-corrected chi connectivity index (χ0v) is 12.4. The smallest absolute Gasteiger partial charge is 0.389 e. The molecule has 4 N–H and O–H groups in total. The van der Waals surface area contributed by atoms with Crippen molar-refractivity contribution in [1.82, 2.24) is 0 Å². The molecule has 0 heterocycles. The Bertz CT molecular complexity index is 558. The summed E-state index contributed by atoms with van der Waals surface area (Å²) < 4.78 is 38.3. The van der Waals surface area contributed by atoms with Crippen molar-refractivity contribution < 1.29 is 18.0 Å². The van der Waals surface area contributed by atoms with Gasteiger partial charge in [0.1, 0.15) is 4.99 Å². The molecule has 21 heavy (non-hydrogen) atoms. The molecule has 8 heteroatoms. The Morgan fingerprint density at radius 3 is 2.29 bits per heavy atom. The average molecular weight is 319 g/mol. The van der Waals surface area contributed by atoms with Gasteiger partial charge < -0.3 is 16.4 Å². The molecule has 0 saturated heterocycles. The van der Waals surface area contributed by atoms with Crippen LogP contribution >= 0.6 is 12.2 Å². The number of carbonyl (C=O) groups excluding carboxylic acids is 1. The number of carbonyl (C=O) groups is 1. The third-order valence-electron chi connectivity index (χ3n) is 2.85. The summed E-state index contributed by atoms with van der Waals surface area (Å²) in [5, 5.41) is 0. The van der Waals surface area contributed by atoms with Crippen LogP contribution < -0.4 is 16.4 Å². The lowest BCUT2D eigenvalue weighted by Gasteiger charge is -2.30. The highest BCUT2D eigenvalue weighted by molar-refractivity contribution is 7.80. The van der Waals surface area contributed by atoms with Crippen molar-refractivity contribution in [2.75, 3.05) is 11.4 Å². The molecule has 0 unspecified atom stereocenters. The summed E-state index contributed by atoms with van der Waals surface area (Å²) >= 11 is 4.82. The van der Waals surface area contributed by atoms with E-state index in [9.17, 15) is 18.0 Å². The standard InChI is InChI=1S/C13H16F3N3OS/c1-7(2)19(6-11(17)20)10-4-3-8(13(14,15)16)5-9(10)12(18)21/h3-5,7H,6H2,1-2H3,(H2,17,20)(H2,18,21). The largest absolute Gasteiger partial charge is 0.416 e. The molecule has 1 rings (SSSR count). The predicted molar refractivity (Wildman–Crippen MR) is 79.0 cm³/mol. The van der Waals surface area contributed by atoms with Gasteiger partial charge in [0.25, 0.3) is 0 Å². The SMILES string of the molecule is CC(C)N(CC(N)=O)c1ccc(C(F)(F)F)cc1C(N)=S. The van der Waals surface area contributed by atoms with Gasteiger partial charge in [-0.3, -0.25) is 4.79 Å². The molecule has 4 nitrogen and oxygen atoms in total. The summed E-state index contributed by atoms with van der Waals surface area (Å²) in [6, 6.07) is 2.89. The number of hydrogen-bond acceptors (Lipinski definition) is 3. The van der Waals surface area contributed by atoms with Gasteiger partial charge in [-0.05, 0) is 32.0 Å². The molecule has 0 aliphatic carbocycles. The molecule has 0 fully saturated rings. The van der Waals surface area contributed by atoms with Gasteiger partial charge in [0.15, 0.2) is 0 Å². The maximum Gasteiger partial charge on any atom is 0.416 e. The van der Waals surface area contributed by atoms with Crippen LogP contribution in [0.4, 0.5) is 18.9 Å². The van der Waals surface area contributed by atoms with E-state index in [1.165, 1.54) is 6.07 Å². The minimum atomic E-state index is -4.50. The van der Waals surface area contributed by atoms with Crippen LogP contribution in [0.2, 0.25) is 0 Å². The molecular weight excluding hydrogens is 303 g/mol. The molecule has 0 spiro atoms. The maximum atomic E-state index is 12.8. The number of benzene rings is 1. The number of thiocarbonyl (C=S) groups is 1. The van der Waals surface area contributed by atoms with Gasteiger partial charge in [0.2, 0.25) is 5.91 Å². The summed E-state index contributed by atoms with van der Waals surface area (Å²) in [5.74, 6) is -0.600. The quantitative estimate of drug-likeness (QED) is 0.815. The lowest BCUT2D eigenvalue weighted by Crippen LogP contribution is -2.39. The fourth-order valence-electron chi connectivity index (χ4n) is 1.87. The Morgan fingerprint density at radius 1 is 1.33 bits per heavy atom. The van der Waals surface area contributed by atoms with Gasteiger partial charge in [-0.25, -0.2) is 0 Å². The fourth-order valence-corrected chi connectivity index (χ4v) is 2.04. The highest BCUT2D eigenvalue weighted by Crippen LogP contribution is 2.33. The highest BCUT2D eigenvalue weighted by atomic mass is 32.1. The van der Waals surface area contributed by atoms with Crippen LogP contribution in [0.15, 0.2) is 18.2 Å². The second-order valence-electron chi connectivity index (χ2n) is 4.78. The first-order valence-electron chi connectivity index (χ1n) is 6.10. The Morgan fingerprint density at radius 2 is 1.90 bits per heavy atom. The van der Waals surface area contributed by atoms with Crippen molar-refractivity contribution in [3.05, 3.63) is 29.3 Å². The summed E-state index contributed by atoms with van der Waals surface area (Å²) in [6.07, 6.45) is -4.50. The molecule has 0 aromatic heterocycles. The number of amides is 1. The number of hydrogen-bond donors (Lipinski definition) is 2. The molecule has 1 aromatic carbocycles. The zero-order valence-electron chi connectivity index (χ0n) is 11.6. The molecule has 1 aromatic rings. The molecule has 1 amide bonds. The van der Waals surface area contributed by atoms with E-state index in [1.807, 2.05) is 0 Å². The molecule has 116 valence electrons. The third kappa shape index (κ3) is 4.32. The van der Waals surface area contributed by atoms with Crippen LogP contribution in [-0.4, -0.2) is 23.5 Å². The average Bonchev–Trinajstić information content (AvgIpc) is 2.33. The third-order valence-corrected chi connectivity index (χ3v) is 3.07. The van der Waals surface area contributed by atoms with E-state index in [-0.39, 0.29) is 23.1 Å². The summed E-state index contributed by atoms with van der Waals surface area (Å²) in [6.45, 7) is 3.42. The van der Waals surface area contributed by atoms with Gasteiger partial charge in [-0.15, -0.1) is 0 Å². The maximum absolute atomic E-state index is 12.8. The van der Waals surface area contributed by atoms with Crippen LogP contribution in [0.5, 0.6) is 0 Å². The van der Waals surface area contributed by atoms with E-state index in [1.54, 1.807) is 18.7 Å². The van der Waals surface area contributed by atoms with Gasteiger partial charge in [-0.1, -0.05) is 12.2 Å². The number of nitrogens with zero attached hydrogens (tertiary/aromatic N) is 1. The molecule has 0 radical (unpaired) electrons. The second kappa shape index (κ2) is 6.30. The van der Waals surface area contributed by atoms with Gasteiger partial charge in [-0.2, -0.15) is 13.2 Å². The van der Waals surface area contributed by atoms with Gasteiger partial charge in [0.05, 0.1) is 12.1 Å². The lowest BCUT2D eigenvalue weighted by molar-refractivity contribution is -0.137. The molecule has 0 saturated carbocycles. The van der Waals surface area contributed by atoms with Crippen molar-refractivity contribution in [2.45, 2.75) is 26.1 Å². The number of halogens is 3. The van der Waals surface area contributed by atoms with Crippen molar-refractivity contribution >= 4 is 28.8 Å². The van der Waals surface area contributed by atoms with Crippen molar-refractivity contribution in [3.63, 3.8) is 0 Å². The minimum absolute atomic E-state index is 0.0646. The Balaban J connectivity index is 3.40. The topological polar surface area (TPSA) is 72.3 Å². The van der Waals surface area contributed by atoms with Crippen LogP contribution in [0.1, 0.15) is 25.0 Å². The van der Waals surface area contributed by atoms with Crippen LogP contribution in [0.25, 0.3) is 0 Å². The second-order valence-corrected chi connectivity index (χ2v) is 5.22. The molecule has 0 atom stereocenters. The van der Waals surface area contributed by atoms with Crippen LogP contribution in [0.3, 0.4) is 0 Å². The Kier molecular flexibility index (Phi) is 5.16. The van der Waals surface area contributed by atoms with E-state index in [0.717, 1.165) is 12.1 Å². The first kappa shape index (κ1) is 17.2. The fraction of sp³-hybridized carbons (Fsp3) is 0.385. The van der Waals surface area contributed by atoms with Crippen molar-refractivity contribution in [2.24, 2.45) is 11.5 Å². The van der Waals surface area contributed by atoms with Crippen molar-refractivity contribution in [1.29, 1.82) is 0 Å². The van der Waals surface area contributed by atoms with E-state index < -0.39 is 17.6 Å². The zero-order chi connectivity index (χ0) is 16.4. The van der Waals surface area contributed by atoms with Gasteiger partial charge in [0, 0.05) is 17.3 Å². The Labute approximate surface area is 125 Å². The molecule has 0 aliphatic heterocycles. The molecule has 0 aliphatic rings. The van der Waals surface area contributed by atoms with Crippen LogP contribution in [0, 0.1) is 0 Å². The number of nitrogens with two attached hydrogens (primary N) is 2. The predicted octanol–water partition coefficient (Wildman–Crippen LogP) is 2.04. The first-order chi connectivity index (χ1) is 9.54. The Hall–Kier alpha value is -1.83. The van der Waals surface area contributed by atoms with Crippen LogP contribution in [-0.2, 0) is 11.0 Å². The lowest BCUT2D eigenvalue weighted by atomic mass is 10.1. The highest BCUT2D eigenvalue weighted by Gasteiger charge is 2.32. The molecule has 0 bridgehead atoms. The number of anilines is 1. The number of alkyl halides is 3. The molecular formula is C13H16F3N3OS. The van der Waals surface area contributed by atoms with Gasteiger partial charge >= 0.3 is 6.18 Å². The van der Waals surface area contributed by atoms with Crippen molar-refractivity contribution in [3.8, 4) is 0 Å². The minimum Gasteiger partial charge on any atom is -0.389 e. The van der Waals surface area contributed by atoms with E-state index >= 15 is 0 Å². The van der Waals surface area contributed by atoms with E-state index in [2.05, 4.69) is 0 Å². The van der Waals surface area contributed by atoms with E-state index in [4.69, 9.17) is 23.7 Å². The monoisotopic (exact) mass is 319 g/mol.